The Morgan fingerprint density at radius 3 is 2.50 bits per heavy atom. The van der Waals surface area contributed by atoms with Crippen LogP contribution in [0.4, 0.5) is 8.78 Å². The highest BCUT2D eigenvalue weighted by molar-refractivity contribution is 5.78. The lowest BCUT2D eigenvalue weighted by atomic mass is 10.1. The third kappa shape index (κ3) is 4.38. The van der Waals surface area contributed by atoms with Gasteiger partial charge in [0.05, 0.1) is 0 Å². The first-order valence-electron chi connectivity index (χ1n) is 8.66. The molecule has 6 heteroatoms. The molecule has 1 heterocycles. The first-order valence-corrected chi connectivity index (χ1v) is 8.66. The standard InChI is InChI=1S/C20H22F2N2O2/c1-15-5-2-3-8-18(15)26-14-19(25)24-11-9-23(10-12-24)13-16-6-4-7-17(21)20(16)22/h2-8H,9-14H2,1H3. The molecule has 3 rings (SSSR count). The lowest BCUT2D eigenvalue weighted by molar-refractivity contribution is -0.135. The van der Waals surface area contributed by atoms with Gasteiger partial charge in [-0.3, -0.25) is 9.69 Å². The van der Waals surface area contributed by atoms with Crippen LogP contribution in [0.15, 0.2) is 42.5 Å². The summed E-state index contributed by atoms with van der Waals surface area (Å²) in [5, 5.41) is 0. The summed E-state index contributed by atoms with van der Waals surface area (Å²) in [7, 11) is 0. The topological polar surface area (TPSA) is 32.8 Å². The van der Waals surface area contributed by atoms with Gasteiger partial charge in [-0.05, 0) is 24.6 Å². The van der Waals surface area contributed by atoms with Gasteiger partial charge < -0.3 is 9.64 Å². The summed E-state index contributed by atoms with van der Waals surface area (Å²) in [6.07, 6.45) is 0. The minimum Gasteiger partial charge on any atom is -0.484 e. The molecule has 1 aliphatic heterocycles. The molecule has 138 valence electrons. The monoisotopic (exact) mass is 360 g/mol. The molecule has 0 unspecified atom stereocenters. The maximum absolute atomic E-state index is 13.8. The fourth-order valence-corrected chi connectivity index (χ4v) is 3.02. The zero-order chi connectivity index (χ0) is 18.5. The number of benzene rings is 2. The van der Waals surface area contributed by atoms with Gasteiger partial charge in [-0.1, -0.05) is 30.3 Å². The Bertz CT molecular complexity index is 774. The molecule has 4 nitrogen and oxygen atoms in total. The van der Waals surface area contributed by atoms with Crippen molar-refractivity contribution in [2.24, 2.45) is 0 Å². The molecule has 2 aromatic carbocycles. The Balaban J connectivity index is 1.48. The van der Waals surface area contributed by atoms with E-state index in [1.54, 1.807) is 11.0 Å². The molecular weight excluding hydrogens is 338 g/mol. The molecule has 0 atom stereocenters. The lowest BCUT2D eigenvalue weighted by Crippen LogP contribution is -2.49. The maximum Gasteiger partial charge on any atom is 0.260 e. The van der Waals surface area contributed by atoms with Gasteiger partial charge in [0.15, 0.2) is 18.2 Å². The van der Waals surface area contributed by atoms with Crippen LogP contribution in [0.2, 0.25) is 0 Å². The summed E-state index contributed by atoms with van der Waals surface area (Å²) in [5.41, 5.74) is 1.33. The van der Waals surface area contributed by atoms with Crippen LogP contribution in [0.5, 0.6) is 5.75 Å². The lowest BCUT2D eigenvalue weighted by Gasteiger charge is -2.34. The van der Waals surface area contributed by atoms with Crippen molar-refractivity contribution in [1.82, 2.24) is 9.80 Å². The molecule has 0 aliphatic carbocycles. The summed E-state index contributed by atoms with van der Waals surface area (Å²) in [4.78, 5) is 16.1. The van der Waals surface area contributed by atoms with Crippen LogP contribution in [-0.2, 0) is 11.3 Å². The molecule has 1 aliphatic rings. The molecule has 2 aromatic rings. The van der Waals surface area contributed by atoms with Crippen molar-refractivity contribution in [1.29, 1.82) is 0 Å². The molecule has 0 saturated carbocycles. The van der Waals surface area contributed by atoms with E-state index in [0.717, 1.165) is 11.6 Å². The maximum atomic E-state index is 13.8. The molecule has 0 bridgehead atoms. The highest BCUT2D eigenvalue weighted by atomic mass is 19.2. The van der Waals surface area contributed by atoms with E-state index in [0.29, 0.717) is 44.0 Å². The Kier molecular flexibility index (Phi) is 5.83. The Labute approximate surface area is 152 Å². The average molecular weight is 360 g/mol. The van der Waals surface area contributed by atoms with Crippen molar-refractivity contribution >= 4 is 5.91 Å². The molecule has 0 N–H and O–H groups in total. The zero-order valence-corrected chi connectivity index (χ0v) is 14.8. The van der Waals surface area contributed by atoms with E-state index >= 15 is 0 Å². The van der Waals surface area contributed by atoms with E-state index in [1.165, 1.54) is 6.07 Å². The number of rotatable bonds is 5. The Hall–Kier alpha value is -2.47. The van der Waals surface area contributed by atoms with Gasteiger partial charge in [0.25, 0.3) is 5.91 Å². The second-order valence-electron chi connectivity index (χ2n) is 6.42. The third-order valence-electron chi connectivity index (χ3n) is 4.60. The van der Waals surface area contributed by atoms with Crippen LogP contribution < -0.4 is 4.74 Å². The van der Waals surface area contributed by atoms with Crippen molar-refractivity contribution in [2.45, 2.75) is 13.5 Å². The number of hydrogen-bond donors (Lipinski definition) is 0. The predicted octanol–water partition coefficient (Wildman–Crippen LogP) is 3.00. The van der Waals surface area contributed by atoms with E-state index in [-0.39, 0.29) is 12.5 Å². The summed E-state index contributed by atoms with van der Waals surface area (Å²) in [6.45, 7) is 4.61. The predicted molar refractivity (Wildman–Crippen MR) is 94.9 cm³/mol. The highest BCUT2D eigenvalue weighted by Gasteiger charge is 2.22. The summed E-state index contributed by atoms with van der Waals surface area (Å²) >= 11 is 0. The van der Waals surface area contributed by atoms with Crippen molar-refractivity contribution in [2.75, 3.05) is 32.8 Å². The number of ether oxygens (including phenoxy) is 1. The third-order valence-corrected chi connectivity index (χ3v) is 4.60. The summed E-state index contributed by atoms with van der Waals surface area (Å²) < 4.78 is 32.7. The van der Waals surface area contributed by atoms with Gasteiger partial charge in [0, 0.05) is 38.3 Å². The van der Waals surface area contributed by atoms with E-state index in [4.69, 9.17) is 4.74 Å². The van der Waals surface area contributed by atoms with Crippen LogP contribution in [-0.4, -0.2) is 48.5 Å². The molecule has 1 fully saturated rings. The van der Waals surface area contributed by atoms with E-state index in [9.17, 15) is 13.6 Å². The van der Waals surface area contributed by atoms with Crippen LogP contribution in [0, 0.1) is 18.6 Å². The number of aryl methyl sites for hydroxylation is 1. The smallest absolute Gasteiger partial charge is 0.260 e. The number of nitrogens with zero attached hydrogens (tertiary/aromatic N) is 2. The molecule has 1 amide bonds. The summed E-state index contributed by atoms with van der Waals surface area (Å²) in [6, 6.07) is 11.8. The van der Waals surface area contributed by atoms with E-state index in [1.807, 2.05) is 36.1 Å². The van der Waals surface area contributed by atoms with Crippen LogP contribution in [0.3, 0.4) is 0 Å². The number of amides is 1. The molecule has 1 saturated heterocycles. The fraction of sp³-hybridized carbons (Fsp3) is 0.350. The van der Waals surface area contributed by atoms with Gasteiger partial charge in [-0.2, -0.15) is 0 Å². The van der Waals surface area contributed by atoms with Gasteiger partial charge in [-0.15, -0.1) is 0 Å². The second-order valence-corrected chi connectivity index (χ2v) is 6.42. The highest BCUT2D eigenvalue weighted by Crippen LogP contribution is 2.17. The molecule has 0 spiro atoms. The number of carbonyl (C=O) groups is 1. The summed E-state index contributed by atoms with van der Waals surface area (Å²) in [5.74, 6) is -0.979. The fourth-order valence-electron chi connectivity index (χ4n) is 3.02. The minimum absolute atomic E-state index is 0.00335. The van der Waals surface area contributed by atoms with Crippen LogP contribution >= 0.6 is 0 Å². The minimum atomic E-state index is -0.829. The molecule has 0 radical (unpaired) electrons. The van der Waals surface area contributed by atoms with E-state index in [2.05, 4.69) is 0 Å². The van der Waals surface area contributed by atoms with E-state index < -0.39 is 11.6 Å². The number of carbonyl (C=O) groups excluding carboxylic acids is 1. The second kappa shape index (κ2) is 8.27. The largest absolute Gasteiger partial charge is 0.484 e. The Morgan fingerprint density at radius 2 is 1.77 bits per heavy atom. The van der Waals surface area contributed by atoms with Gasteiger partial charge >= 0.3 is 0 Å². The van der Waals surface area contributed by atoms with Gasteiger partial charge in [-0.25, -0.2) is 8.78 Å². The molecular formula is C20H22F2N2O2. The van der Waals surface area contributed by atoms with Gasteiger partial charge in [0.1, 0.15) is 5.75 Å². The van der Waals surface area contributed by atoms with Crippen LogP contribution in [0.25, 0.3) is 0 Å². The van der Waals surface area contributed by atoms with Crippen LogP contribution in [0.1, 0.15) is 11.1 Å². The first kappa shape index (κ1) is 18.3. The van der Waals surface area contributed by atoms with Gasteiger partial charge in [0.2, 0.25) is 0 Å². The molecule has 26 heavy (non-hydrogen) atoms. The number of halogens is 2. The Morgan fingerprint density at radius 1 is 1.04 bits per heavy atom. The quantitative estimate of drug-likeness (QED) is 0.822. The van der Waals surface area contributed by atoms with Crippen molar-refractivity contribution < 1.29 is 18.3 Å². The first-order chi connectivity index (χ1) is 12.5. The SMILES string of the molecule is Cc1ccccc1OCC(=O)N1CCN(Cc2cccc(F)c2F)CC1. The normalized spacial score (nSPS) is 15.1. The van der Waals surface area contributed by atoms with Crippen molar-refractivity contribution in [3.8, 4) is 5.75 Å². The zero-order valence-electron chi connectivity index (χ0n) is 14.8. The average Bonchev–Trinajstić information content (AvgIpc) is 2.65. The number of piperazine rings is 1. The number of para-hydroxylation sites is 1. The van der Waals surface area contributed by atoms with Crippen molar-refractivity contribution in [3.05, 3.63) is 65.2 Å². The molecule has 0 aromatic heterocycles. The number of hydrogen-bond acceptors (Lipinski definition) is 3. The van der Waals surface area contributed by atoms with Crippen molar-refractivity contribution in [3.63, 3.8) is 0 Å².